The third-order valence-electron chi connectivity index (χ3n) is 7.35. The zero-order valence-corrected chi connectivity index (χ0v) is 19.0. The molecule has 35 heavy (non-hydrogen) atoms. The molecule has 1 saturated carbocycles. The van der Waals surface area contributed by atoms with E-state index >= 15 is 0 Å². The maximum absolute atomic E-state index is 14.4. The number of ether oxygens (including phenoxy) is 1. The normalized spacial score (nSPS) is 23.9. The summed E-state index contributed by atoms with van der Waals surface area (Å²) >= 11 is 0. The number of amides is 2. The number of nitrogens with zero attached hydrogens (tertiary/aromatic N) is 1. The Hall–Kier alpha value is -3.49. The number of nitrogens with one attached hydrogen (secondary N) is 1. The Morgan fingerprint density at radius 1 is 1.06 bits per heavy atom. The molecule has 184 valence electrons. The average molecular weight is 484 g/mol. The Kier molecular flexibility index (Phi) is 5.94. The zero-order chi connectivity index (χ0) is 24.7. The summed E-state index contributed by atoms with van der Waals surface area (Å²) in [5.41, 5.74) is 4.25. The van der Waals surface area contributed by atoms with E-state index in [0.717, 1.165) is 22.3 Å². The minimum Gasteiger partial charge on any atom is -0.481 e. The molecule has 9 heteroatoms. The first kappa shape index (κ1) is 23.3. The second kappa shape index (κ2) is 8.94. The van der Waals surface area contributed by atoms with Gasteiger partial charge in [0.25, 0.3) is 5.92 Å². The van der Waals surface area contributed by atoms with Crippen LogP contribution in [0.4, 0.5) is 13.6 Å². The fraction of sp³-hybridized carbons (Fsp3) is 0.423. The van der Waals surface area contributed by atoms with Gasteiger partial charge in [-0.1, -0.05) is 48.5 Å². The molecule has 1 aliphatic heterocycles. The smallest absolute Gasteiger partial charge is 0.407 e. The minimum atomic E-state index is -3.25. The van der Waals surface area contributed by atoms with E-state index in [1.54, 1.807) is 0 Å². The molecule has 2 aromatic carbocycles. The molecule has 2 N–H and O–H groups in total. The van der Waals surface area contributed by atoms with Crippen LogP contribution in [-0.4, -0.2) is 59.6 Å². The number of alkyl carbamates (subject to hydrolysis) is 1. The molecule has 5 rings (SSSR count). The second-order valence-corrected chi connectivity index (χ2v) is 9.39. The predicted molar refractivity (Wildman–Crippen MR) is 122 cm³/mol. The zero-order valence-electron chi connectivity index (χ0n) is 19.0. The van der Waals surface area contributed by atoms with Crippen LogP contribution in [0.3, 0.4) is 0 Å². The molecular formula is C26H26F2N2O5. The quantitative estimate of drug-likeness (QED) is 0.622. The second-order valence-electron chi connectivity index (χ2n) is 9.39. The Morgan fingerprint density at radius 3 is 2.31 bits per heavy atom. The summed E-state index contributed by atoms with van der Waals surface area (Å²) in [7, 11) is 0. The Balaban J connectivity index is 1.16. The molecule has 0 aromatic heterocycles. The van der Waals surface area contributed by atoms with Gasteiger partial charge < -0.3 is 20.1 Å². The summed E-state index contributed by atoms with van der Waals surface area (Å²) in [5, 5.41) is 11.4. The number of carbonyl (C=O) groups excluding carboxylic acids is 2. The van der Waals surface area contributed by atoms with Crippen molar-refractivity contribution >= 4 is 18.0 Å². The molecule has 3 unspecified atom stereocenters. The number of aliphatic carboxylic acids is 1. The van der Waals surface area contributed by atoms with Crippen molar-refractivity contribution in [1.29, 1.82) is 0 Å². The van der Waals surface area contributed by atoms with Gasteiger partial charge in [0.2, 0.25) is 5.91 Å². The van der Waals surface area contributed by atoms with Crippen LogP contribution in [0, 0.1) is 11.8 Å². The average Bonchev–Trinajstić information content (AvgIpc) is 3.12. The first-order chi connectivity index (χ1) is 16.8. The largest absolute Gasteiger partial charge is 0.481 e. The number of hydrogen-bond acceptors (Lipinski definition) is 4. The molecule has 7 nitrogen and oxygen atoms in total. The van der Waals surface area contributed by atoms with Crippen molar-refractivity contribution in [2.24, 2.45) is 11.8 Å². The number of rotatable bonds is 7. The lowest BCUT2D eigenvalue weighted by atomic mass is 9.98. The van der Waals surface area contributed by atoms with Gasteiger partial charge in [-0.15, -0.1) is 0 Å². The molecular weight excluding hydrogens is 458 g/mol. The van der Waals surface area contributed by atoms with Gasteiger partial charge in [-0.2, -0.15) is 0 Å². The molecule has 0 bridgehead atoms. The lowest BCUT2D eigenvalue weighted by Crippen LogP contribution is -2.39. The molecule has 2 amide bonds. The fourth-order valence-corrected chi connectivity index (χ4v) is 5.54. The van der Waals surface area contributed by atoms with Crippen LogP contribution in [-0.2, 0) is 14.3 Å². The van der Waals surface area contributed by atoms with E-state index in [0.29, 0.717) is 12.8 Å². The Labute approximate surface area is 201 Å². The van der Waals surface area contributed by atoms with Gasteiger partial charge in [0.15, 0.2) is 0 Å². The summed E-state index contributed by atoms with van der Waals surface area (Å²) in [4.78, 5) is 37.3. The summed E-state index contributed by atoms with van der Waals surface area (Å²) in [6, 6.07) is 15.2. The van der Waals surface area contributed by atoms with Gasteiger partial charge in [0.1, 0.15) is 12.5 Å². The van der Waals surface area contributed by atoms with E-state index in [1.807, 2.05) is 48.5 Å². The number of carbonyl (C=O) groups is 3. The molecule has 0 radical (unpaired) electrons. The summed E-state index contributed by atoms with van der Waals surface area (Å²) in [6.07, 6.45) is 0.00164. The first-order valence-corrected chi connectivity index (χ1v) is 11.8. The molecule has 3 aliphatic rings. The maximum Gasteiger partial charge on any atom is 0.407 e. The van der Waals surface area contributed by atoms with E-state index in [9.17, 15) is 23.2 Å². The number of halogens is 2. The number of carboxylic acids is 1. The first-order valence-electron chi connectivity index (χ1n) is 11.8. The molecule has 0 spiro atoms. The van der Waals surface area contributed by atoms with Crippen molar-refractivity contribution < 1.29 is 33.0 Å². The molecule has 2 aromatic rings. The standard InChI is InChI=1S/C26H26F2N2O5/c27-26(28)21(23(26)24(33)30-11-5-6-15(30)12-22(31)32)13-29-25(34)35-14-20-18-9-3-1-7-16(18)17-8-2-4-10-19(17)20/h1-4,7-10,15,20-21,23H,5-6,11-14H2,(H,29,34)(H,31,32). The van der Waals surface area contributed by atoms with Crippen LogP contribution in [0.25, 0.3) is 11.1 Å². The predicted octanol–water partition coefficient (Wildman–Crippen LogP) is 3.87. The van der Waals surface area contributed by atoms with E-state index in [2.05, 4.69) is 5.32 Å². The summed E-state index contributed by atoms with van der Waals surface area (Å²) in [5.74, 6) is -8.08. The van der Waals surface area contributed by atoms with Crippen LogP contribution in [0.1, 0.15) is 36.3 Å². The van der Waals surface area contributed by atoms with Crippen LogP contribution >= 0.6 is 0 Å². The van der Waals surface area contributed by atoms with Gasteiger partial charge >= 0.3 is 12.1 Å². The summed E-state index contributed by atoms with van der Waals surface area (Å²) < 4.78 is 34.2. The topological polar surface area (TPSA) is 95.9 Å². The third kappa shape index (κ3) is 4.24. The van der Waals surface area contributed by atoms with Gasteiger partial charge in [-0.05, 0) is 35.1 Å². The van der Waals surface area contributed by atoms with Crippen LogP contribution in [0.15, 0.2) is 48.5 Å². The number of benzene rings is 2. The molecule has 2 fully saturated rings. The molecule has 1 saturated heterocycles. The fourth-order valence-electron chi connectivity index (χ4n) is 5.54. The van der Waals surface area contributed by atoms with Crippen molar-refractivity contribution in [1.82, 2.24) is 10.2 Å². The number of fused-ring (bicyclic) bond motifs is 3. The lowest BCUT2D eigenvalue weighted by Gasteiger charge is -2.23. The van der Waals surface area contributed by atoms with Crippen molar-refractivity contribution in [3.63, 3.8) is 0 Å². The number of carboxylic acid groups (broad SMARTS) is 1. The monoisotopic (exact) mass is 484 g/mol. The number of alkyl halides is 2. The van der Waals surface area contributed by atoms with Crippen LogP contribution in [0.5, 0.6) is 0 Å². The highest BCUT2D eigenvalue weighted by Gasteiger charge is 2.72. The highest BCUT2D eigenvalue weighted by Crippen LogP contribution is 2.56. The van der Waals surface area contributed by atoms with E-state index in [-0.39, 0.29) is 25.5 Å². The maximum atomic E-state index is 14.4. The van der Waals surface area contributed by atoms with Crippen LogP contribution < -0.4 is 5.32 Å². The van der Waals surface area contributed by atoms with E-state index in [1.165, 1.54) is 4.90 Å². The van der Waals surface area contributed by atoms with E-state index < -0.39 is 48.3 Å². The Morgan fingerprint density at radius 2 is 1.69 bits per heavy atom. The third-order valence-corrected chi connectivity index (χ3v) is 7.35. The van der Waals surface area contributed by atoms with Gasteiger partial charge in [-0.3, -0.25) is 9.59 Å². The van der Waals surface area contributed by atoms with Gasteiger partial charge in [0.05, 0.1) is 12.3 Å². The van der Waals surface area contributed by atoms with Crippen LogP contribution in [0.2, 0.25) is 0 Å². The van der Waals surface area contributed by atoms with E-state index in [4.69, 9.17) is 9.84 Å². The van der Waals surface area contributed by atoms with Crippen molar-refractivity contribution in [2.45, 2.75) is 37.1 Å². The lowest BCUT2D eigenvalue weighted by molar-refractivity contribution is -0.141. The number of hydrogen-bond donors (Lipinski definition) is 2. The molecule has 1 heterocycles. The Bertz CT molecular complexity index is 1120. The van der Waals surface area contributed by atoms with Crippen molar-refractivity contribution in [3.8, 4) is 11.1 Å². The van der Waals surface area contributed by atoms with Crippen molar-refractivity contribution in [3.05, 3.63) is 59.7 Å². The minimum absolute atomic E-state index is 0.0634. The van der Waals surface area contributed by atoms with Crippen molar-refractivity contribution in [2.75, 3.05) is 19.7 Å². The van der Waals surface area contributed by atoms with Gasteiger partial charge in [0, 0.05) is 25.0 Å². The highest BCUT2D eigenvalue weighted by atomic mass is 19.3. The summed E-state index contributed by atoms with van der Waals surface area (Å²) in [6.45, 7) is -0.0542. The molecule has 3 atom stereocenters. The molecule has 2 aliphatic carbocycles. The van der Waals surface area contributed by atoms with Gasteiger partial charge in [-0.25, -0.2) is 13.6 Å². The SMILES string of the molecule is O=C(O)CC1CCCN1C(=O)C1C(CNC(=O)OCC2c3ccccc3-c3ccccc32)C1(F)F. The highest BCUT2D eigenvalue weighted by molar-refractivity contribution is 5.85. The number of likely N-dealkylation sites (tertiary alicyclic amines) is 1.